The van der Waals surface area contributed by atoms with Crippen LogP contribution in [-0.4, -0.2) is 37.8 Å². The predicted molar refractivity (Wildman–Crippen MR) is 113 cm³/mol. The second kappa shape index (κ2) is 9.23. The van der Waals surface area contributed by atoms with E-state index in [4.69, 9.17) is 0 Å². The molecule has 2 fully saturated rings. The topological polar surface area (TPSA) is 66.5 Å². The largest absolute Gasteiger partial charge is 0.353 e. The summed E-state index contributed by atoms with van der Waals surface area (Å²) in [4.78, 5) is 12.7. The van der Waals surface area contributed by atoms with Gasteiger partial charge in [-0.15, -0.1) is 0 Å². The molecular formula is C22H32N2O3S. The van der Waals surface area contributed by atoms with Gasteiger partial charge in [0.25, 0.3) is 0 Å². The van der Waals surface area contributed by atoms with Gasteiger partial charge in [-0.1, -0.05) is 57.0 Å². The van der Waals surface area contributed by atoms with Crippen molar-refractivity contribution in [1.82, 2.24) is 9.62 Å². The zero-order chi connectivity index (χ0) is 20.1. The summed E-state index contributed by atoms with van der Waals surface area (Å²) in [6, 6.07) is 9.66. The van der Waals surface area contributed by atoms with Crippen LogP contribution < -0.4 is 5.32 Å². The summed E-state index contributed by atoms with van der Waals surface area (Å²) in [5, 5.41) is 4.52. The summed E-state index contributed by atoms with van der Waals surface area (Å²) in [6.07, 6.45) is 6.25. The van der Waals surface area contributed by atoms with E-state index in [1.807, 2.05) is 30.3 Å². The number of nitrogens with zero attached hydrogens (tertiary/aromatic N) is 1. The molecule has 0 radical (unpaired) electrons. The Morgan fingerprint density at radius 2 is 1.75 bits per heavy atom. The molecule has 3 unspecified atom stereocenters. The smallest absolute Gasteiger partial charge is 0.236 e. The molecule has 3 atom stereocenters. The van der Waals surface area contributed by atoms with Gasteiger partial charge in [-0.25, -0.2) is 8.42 Å². The lowest BCUT2D eigenvalue weighted by molar-refractivity contribution is -0.127. The van der Waals surface area contributed by atoms with Crippen molar-refractivity contribution in [3.05, 3.63) is 41.3 Å². The Labute approximate surface area is 169 Å². The van der Waals surface area contributed by atoms with Crippen molar-refractivity contribution >= 4 is 22.0 Å². The van der Waals surface area contributed by atoms with Crippen molar-refractivity contribution in [1.29, 1.82) is 0 Å². The third-order valence-corrected chi connectivity index (χ3v) is 8.02. The van der Waals surface area contributed by atoms with E-state index in [0.717, 1.165) is 12.0 Å². The van der Waals surface area contributed by atoms with Crippen LogP contribution in [-0.2, 0) is 14.8 Å². The van der Waals surface area contributed by atoms with Crippen molar-refractivity contribution in [2.24, 2.45) is 17.8 Å². The Hall–Kier alpha value is -1.66. The molecule has 1 heterocycles. The van der Waals surface area contributed by atoms with Crippen molar-refractivity contribution in [3.63, 3.8) is 0 Å². The molecule has 1 N–H and O–H groups in total. The van der Waals surface area contributed by atoms with Gasteiger partial charge >= 0.3 is 0 Å². The van der Waals surface area contributed by atoms with Crippen LogP contribution in [0, 0.1) is 17.8 Å². The van der Waals surface area contributed by atoms with E-state index in [9.17, 15) is 13.2 Å². The Bertz CT molecular complexity index is 783. The standard InChI is InChI=1S/C22H32N2O3S/c1-17-7-6-10-21(18(17)2)23-22(25)20-11-14-24(15-12-20)28(26,27)16-13-19-8-4-3-5-9-19/h3-5,8-9,13,16-18,20-21H,6-7,10-12,14-15H2,1-2H3,(H,23,25)/b16-13+. The first kappa shape index (κ1) is 21.1. The number of piperidine rings is 1. The molecule has 0 bridgehead atoms. The normalized spacial score (nSPS) is 27.7. The van der Waals surface area contributed by atoms with Crippen molar-refractivity contribution < 1.29 is 13.2 Å². The average molecular weight is 405 g/mol. The summed E-state index contributed by atoms with van der Waals surface area (Å²) in [5.41, 5.74) is 0.858. The molecule has 1 saturated carbocycles. The molecule has 0 spiro atoms. The highest BCUT2D eigenvalue weighted by molar-refractivity contribution is 7.92. The molecular weight excluding hydrogens is 372 g/mol. The van der Waals surface area contributed by atoms with Crippen LogP contribution in [0.25, 0.3) is 6.08 Å². The molecule has 154 valence electrons. The van der Waals surface area contributed by atoms with Crippen LogP contribution >= 0.6 is 0 Å². The minimum absolute atomic E-state index is 0.0889. The number of benzene rings is 1. The fourth-order valence-electron chi connectivity index (χ4n) is 4.27. The maximum absolute atomic E-state index is 12.7. The van der Waals surface area contributed by atoms with Gasteiger partial charge in [-0.3, -0.25) is 4.79 Å². The van der Waals surface area contributed by atoms with Gasteiger partial charge in [0.2, 0.25) is 15.9 Å². The maximum atomic E-state index is 12.7. The maximum Gasteiger partial charge on any atom is 0.236 e. The third kappa shape index (κ3) is 5.23. The van der Waals surface area contributed by atoms with Crippen LogP contribution in [0.5, 0.6) is 0 Å². The van der Waals surface area contributed by atoms with Crippen molar-refractivity contribution in [2.75, 3.05) is 13.1 Å². The zero-order valence-corrected chi connectivity index (χ0v) is 17.7. The summed E-state index contributed by atoms with van der Waals surface area (Å²) in [5.74, 6) is 1.15. The van der Waals surface area contributed by atoms with Gasteiger partial charge in [-0.2, -0.15) is 4.31 Å². The molecule has 3 rings (SSSR count). The molecule has 1 aromatic rings. The first-order valence-electron chi connectivity index (χ1n) is 10.4. The first-order chi connectivity index (χ1) is 13.4. The van der Waals surface area contributed by atoms with Crippen LogP contribution in [0.4, 0.5) is 0 Å². The van der Waals surface area contributed by atoms with Crippen LogP contribution in [0.3, 0.4) is 0 Å². The Kier molecular flexibility index (Phi) is 6.94. The zero-order valence-electron chi connectivity index (χ0n) is 16.9. The minimum Gasteiger partial charge on any atom is -0.353 e. The van der Waals surface area contributed by atoms with Gasteiger partial charge < -0.3 is 5.32 Å². The van der Waals surface area contributed by atoms with E-state index in [2.05, 4.69) is 19.2 Å². The fourth-order valence-corrected chi connectivity index (χ4v) is 5.49. The van der Waals surface area contributed by atoms with E-state index in [0.29, 0.717) is 37.8 Å². The number of sulfonamides is 1. The Morgan fingerprint density at radius 3 is 2.43 bits per heavy atom. The van der Waals surface area contributed by atoms with Crippen LogP contribution in [0.1, 0.15) is 51.5 Å². The van der Waals surface area contributed by atoms with E-state index >= 15 is 0 Å². The molecule has 5 nitrogen and oxygen atoms in total. The molecule has 1 aliphatic carbocycles. The Balaban J connectivity index is 1.52. The molecule has 1 aromatic carbocycles. The molecule has 2 aliphatic rings. The van der Waals surface area contributed by atoms with Crippen molar-refractivity contribution in [2.45, 2.75) is 52.0 Å². The van der Waals surface area contributed by atoms with Gasteiger partial charge in [-0.05, 0) is 42.7 Å². The molecule has 1 amide bonds. The quantitative estimate of drug-likeness (QED) is 0.815. The summed E-state index contributed by atoms with van der Waals surface area (Å²) >= 11 is 0. The van der Waals surface area contributed by atoms with Crippen LogP contribution in [0.2, 0.25) is 0 Å². The monoisotopic (exact) mass is 404 g/mol. The van der Waals surface area contributed by atoms with Crippen LogP contribution in [0.15, 0.2) is 35.7 Å². The molecule has 0 aromatic heterocycles. The Morgan fingerprint density at radius 1 is 1.07 bits per heavy atom. The highest BCUT2D eigenvalue weighted by atomic mass is 32.2. The highest BCUT2D eigenvalue weighted by Crippen LogP contribution is 2.30. The number of amides is 1. The van der Waals surface area contributed by atoms with Gasteiger partial charge in [0.05, 0.1) is 0 Å². The lowest BCUT2D eigenvalue weighted by atomic mass is 9.78. The lowest BCUT2D eigenvalue weighted by Crippen LogP contribution is -2.48. The van der Waals surface area contributed by atoms with Crippen molar-refractivity contribution in [3.8, 4) is 0 Å². The first-order valence-corrected chi connectivity index (χ1v) is 11.9. The second-order valence-electron chi connectivity index (χ2n) is 8.31. The molecule has 1 aliphatic heterocycles. The number of carbonyl (C=O) groups is 1. The van der Waals surface area contributed by atoms with E-state index < -0.39 is 10.0 Å². The number of hydrogen-bond donors (Lipinski definition) is 1. The third-order valence-electron chi connectivity index (χ3n) is 6.45. The summed E-state index contributed by atoms with van der Waals surface area (Å²) in [7, 11) is -3.45. The number of nitrogens with one attached hydrogen (secondary N) is 1. The lowest BCUT2D eigenvalue weighted by Gasteiger charge is -2.36. The molecule has 6 heteroatoms. The molecule has 1 saturated heterocycles. The summed E-state index contributed by atoms with van der Waals surface area (Å²) in [6.45, 7) is 5.28. The average Bonchev–Trinajstić information content (AvgIpc) is 2.71. The summed E-state index contributed by atoms with van der Waals surface area (Å²) < 4.78 is 26.6. The van der Waals surface area contributed by atoms with Gasteiger partial charge in [0.15, 0.2) is 0 Å². The predicted octanol–water partition coefficient (Wildman–Crippen LogP) is 3.64. The SMILES string of the molecule is CC1CCCC(NC(=O)C2CCN(S(=O)(=O)/C=C/c3ccccc3)CC2)C1C. The van der Waals surface area contributed by atoms with Gasteiger partial charge in [0, 0.05) is 30.5 Å². The number of rotatable bonds is 5. The second-order valence-corrected chi connectivity index (χ2v) is 10.1. The minimum atomic E-state index is -3.45. The van der Waals surface area contributed by atoms with E-state index in [-0.39, 0.29) is 17.9 Å². The van der Waals surface area contributed by atoms with E-state index in [1.165, 1.54) is 22.6 Å². The van der Waals surface area contributed by atoms with E-state index in [1.54, 1.807) is 6.08 Å². The number of carbonyl (C=O) groups excluding carboxylic acids is 1. The highest BCUT2D eigenvalue weighted by Gasteiger charge is 2.33. The molecule has 28 heavy (non-hydrogen) atoms. The fraction of sp³-hybridized carbons (Fsp3) is 0.591. The van der Waals surface area contributed by atoms with Gasteiger partial charge in [0.1, 0.15) is 0 Å². The number of hydrogen-bond acceptors (Lipinski definition) is 3.